The van der Waals surface area contributed by atoms with Crippen molar-refractivity contribution in [2.24, 2.45) is 0 Å². The van der Waals surface area contributed by atoms with Crippen LogP contribution >= 0.6 is 0 Å². The van der Waals surface area contributed by atoms with E-state index in [-0.39, 0.29) is 18.1 Å². The molecule has 0 radical (unpaired) electrons. The zero-order chi connectivity index (χ0) is 17.6. The van der Waals surface area contributed by atoms with Crippen LogP contribution in [-0.4, -0.2) is 39.1 Å². The molecule has 2 bridgehead atoms. The molecule has 1 aliphatic rings. The molecule has 8 heteroatoms. The number of methoxy groups -OCH3 is 2. The summed E-state index contributed by atoms with van der Waals surface area (Å²) in [6.07, 6.45) is 1.61. The van der Waals surface area contributed by atoms with Crippen molar-refractivity contribution in [2.75, 3.05) is 20.0 Å². The zero-order valence-electron chi connectivity index (χ0n) is 13.7. The normalized spacial score (nSPS) is 15.4. The second-order valence-electron chi connectivity index (χ2n) is 5.60. The summed E-state index contributed by atoms with van der Waals surface area (Å²) in [5, 5.41) is 0.994. The van der Waals surface area contributed by atoms with Crippen molar-refractivity contribution in [1.82, 2.24) is 14.5 Å². The molecule has 0 saturated heterocycles. The van der Waals surface area contributed by atoms with Gasteiger partial charge in [0.2, 0.25) is 0 Å². The van der Waals surface area contributed by atoms with Crippen molar-refractivity contribution < 1.29 is 14.0 Å². The van der Waals surface area contributed by atoms with Gasteiger partial charge in [0, 0.05) is 34.4 Å². The van der Waals surface area contributed by atoms with E-state index in [1.165, 1.54) is 0 Å². The maximum absolute atomic E-state index is 13.0. The second-order valence-corrected chi connectivity index (χ2v) is 7.06. The fraction of sp³-hybridized carbons (Fsp3) is 0.278. The number of aryl methyl sites for hydroxylation is 1. The topological polar surface area (TPSA) is 89.3 Å². The van der Waals surface area contributed by atoms with Crippen LogP contribution < -0.4 is 15.0 Å². The van der Waals surface area contributed by atoms with E-state index in [2.05, 4.69) is 9.97 Å². The monoisotopic (exact) mass is 373 g/mol. The number of hydrogen-bond acceptors (Lipinski definition) is 6. The van der Waals surface area contributed by atoms with Gasteiger partial charge in [-0.2, -0.15) is 9.97 Å². The molecule has 1 aromatic carbocycles. The van der Waals surface area contributed by atoms with Crippen molar-refractivity contribution in [1.29, 1.82) is 0 Å². The molecule has 3 aromatic rings. The number of aromatic nitrogens is 3. The predicted molar refractivity (Wildman–Crippen MR) is 100 cm³/mol. The van der Waals surface area contributed by atoms with Gasteiger partial charge in [0.1, 0.15) is 17.3 Å². The third-order valence-corrected chi connectivity index (χ3v) is 5.33. The first-order chi connectivity index (χ1) is 12.1. The van der Waals surface area contributed by atoms with Gasteiger partial charge in [0.15, 0.2) is 5.65 Å². The smallest absolute Gasteiger partial charge is 0.344 e. The van der Waals surface area contributed by atoms with E-state index in [9.17, 15) is 9.35 Å². The van der Waals surface area contributed by atoms with Gasteiger partial charge in [-0.3, -0.25) is 9.36 Å². The molecule has 1 atom stereocenters. The van der Waals surface area contributed by atoms with Crippen molar-refractivity contribution in [3.63, 3.8) is 0 Å². The average Bonchev–Trinajstić information content (AvgIpc) is 2.79. The Labute approximate surface area is 153 Å². The van der Waals surface area contributed by atoms with Crippen LogP contribution in [0.4, 0.5) is 0 Å². The van der Waals surface area contributed by atoms with E-state index >= 15 is 0 Å². The van der Waals surface area contributed by atoms with Crippen LogP contribution in [0.25, 0.3) is 22.2 Å². The van der Waals surface area contributed by atoms with Gasteiger partial charge < -0.3 is 14.0 Å². The summed E-state index contributed by atoms with van der Waals surface area (Å²) < 4.78 is 24.2. The maximum Gasteiger partial charge on any atom is 0.344 e. The Balaban J connectivity index is 0.00000196. The summed E-state index contributed by atoms with van der Waals surface area (Å²) in [5.41, 5.74) is 1.50. The molecule has 4 rings (SSSR count). The summed E-state index contributed by atoms with van der Waals surface area (Å²) in [5.74, 6) is 1.50. The van der Waals surface area contributed by atoms with Crippen LogP contribution in [0, 0.1) is 0 Å². The molecule has 0 saturated carbocycles. The SMILES string of the molecule is C.COc1cc(OC)cc(-c2cc3cnc4nc3n(c2=O)CC[S+]4[O-])c1. The molecule has 2 aromatic heterocycles. The van der Waals surface area contributed by atoms with Gasteiger partial charge in [0.05, 0.1) is 20.8 Å². The minimum Gasteiger partial charge on any atom is -0.609 e. The lowest BCUT2D eigenvalue weighted by molar-refractivity contribution is 0.394. The molecule has 1 aliphatic heterocycles. The first-order valence-corrected chi connectivity index (χ1v) is 8.95. The molecule has 1 unspecified atom stereocenters. The standard InChI is InChI=1S/C17H15N3O4S.CH4/c1-23-12-5-10(6-13(8-12)24-2)14-7-11-9-18-17-19-15(11)20(16(14)21)3-4-25(17)22;/h5-9H,3-4H2,1-2H3;1H4. The maximum atomic E-state index is 13.0. The number of fused-ring (bicyclic) bond motifs is 1. The number of hydrogen-bond donors (Lipinski definition) is 0. The van der Waals surface area contributed by atoms with Gasteiger partial charge in [-0.25, -0.2) is 0 Å². The van der Waals surface area contributed by atoms with E-state index < -0.39 is 11.2 Å². The van der Waals surface area contributed by atoms with Crippen LogP contribution in [0.1, 0.15) is 7.43 Å². The van der Waals surface area contributed by atoms with Gasteiger partial charge in [-0.1, -0.05) is 7.43 Å². The lowest BCUT2D eigenvalue weighted by atomic mass is 10.1. The third kappa shape index (κ3) is 2.91. The van der Waals surface area contributed by atoms with E-state index in [1.807, 2.05) is 0 Å². The molecule has 7 nitrogen and oxygen atoms in total. The molecule has 0 fully saturated rings. The highest BCUT2D eigenvalue weighted by molar-refractivity contribution is 7.91. The quantitative estimate of drug-likeness (QED) is 0.517. The van der Waals surface area contributed by atoms with Gasteiger partial charge in [-0.05, 0) is 23.8 Å². The van der Waals surface area contributed by atoms with Crippen molar-refractivity contribution in [3.8, 4) is 22.6 Å². The Morgan fingerprint density at radius 1 is 1.15 bits per heavy atom. The number of benzene rings is 1. The van der Waals surface area contributed by atoms with Crippen LogP contribution in [0.3, 0.4) is 0 Å². The lowest BCUT2D eigenvalue weighted by Crippen LogP contribution is -2.24. The zero-order valence-corrected chi connectivity index (χ0v) is 14.5. The predicted octanol–water partition coefficient (Wildman–Crippen LogP) is 2.23. The summed E-state index contributed by atoms with van der Waals surface area (Å²) >= 11 is -1.29. The van der Waals surface area contributed by atoms with Gasteiger partial charge in [-0.15, -0.1) is 0 Å². The Kier molecular flexibility index (Phi) is 4.88. The Hall–Kier alpha value is -2.58. The highest BCUT2D eigenvalue weighted by atomic mass is 32.2. The molecular weight excluding hydrogens is 354 g/mol. The largest absolute Gasteiger partial charge is 0.609 e. The van der Waals surface area contributed by atoms with Gasteiger partial charge >= 0.3 is 5.16 Å². The van der Waals surface area contributed by atoms with E-state index in [0.29, 0.717) is 40.6 Å². The minimum atomic E-state index is -1.29. The first kappa shape index (κ1) is 18.2. The number of rotatable bonds is 3. The summed E-state index contributed by atoms with van der Waals surface area (Å²) in [7, 11) is 3.12. The lowest BCUT2D eigenvalue weighted by Gasteiger charge is -2.11. The molecule has 136 valence electrons. The van der Waals surface area contributed by atoms with E-state index in [4.69, 9.17) is 9.47 Å². The van der Waals surface area contributed by atoms with Crippen molar-refractivity contribution in [2.45, 2.75) is 19.1 Å². The summed E-state index contributed by atoms with van der Waals surface area (Å²) in [4.78, 5) is 21.5. The second kappa shape index (κ2) is 6.97. The fourth-order valence-electron chi connectivity index (χ4n) is 2.90. The van der Waals surface area contributed by atoms with Crippen molar-refractivity contribution >= 4 is 22.2 Å². The number of nitrogens with zero attached hydrogens (tertiary/aromatic N) is 3. The van der Waals surface area contributed by atoms with Crippen LogP contribution in [0.5, 0.6) is 11.5 Å². The number of pyridine rings is 1. The molecule has 0 N–H and O–H groups in total. The minimum absolute atomic E-state index is 0. The van der Waals surface area contributed by atoms with Crippen LogP contribution in [0.2, 0.25) is 0 Å². The summed E-state index contributed by atoms with van der Waals surface area (Å²) in [6, 6.07) is 7.06. The molecule has 0 amide bonds. The molecule has 0 spiro atoms. The van der Waals surface area contributed by atoms with Crippen LogP contribution in [0.15, 0.2) is 40.4 Å². The highest BCUT2D eigenvalue weighted by Gasteiger charge is 2.23. The molecule has 0 aliphatic carbocycles. The van der Waals surface area contributed by atoms with E-state index in [0.717, 1.165) is 5.39 Å². The number of ether oxygens (including phenoxy) is 2. The molecule has 26 heavy (non-hydrogen) atoms. The Bertz CT molecular complexity index is 1010. The average molecular weight is 373 g/mol. The summed E-state index contributed by atoms with van der Waals surface area (Å²) in [6.45, 7) is 0.332. The molecular formula is C18H19N3O4S. The van der Waals surface area contributed by atoms with Crippen LogP contribution in [-0.2, 0) is 17.7 Å². The third-order valence-electron chi connectivity index (χ3n) is 4.17. The van der Waals surface area contributed by atoms with E-state index in [1.54, 1.807) is 49.2 Å². The highest BCUT2D eigenvalue weighted by Crippen LogP contribution is 2.30. The molecule has 3 heterocycles. The van der Waals surface area contributed by atoms with Crippen molar-refractivity contribution in [3.05, 3.63) is 40.8 Å². The fourth-order valence-corrected chi connectivity index (χ4v) is 3.79. The Morgan fingerprint density at radius 2 is 1.85 bits per heavy atom. The van der Waals surface area contributed by atoms with Gasteiger partial charge in [0.25, 0.3) is 5.56 Å². The first-order valence-electron chi connectivity index (χ1n) is 7.63. The Morgan fingerprint density at radius 3 is 2.50 bits per heavy atom.